The van der Waals surface area contributed by atoms with Gasteiger partial charge in [0.05, 0.1) is 23.4 Å². The average molecular weight is 629 g/mol. The van der Waals surface area contributed by atoms with Crippen LogP contribution >= 0.6 is 0 Å². The second kappa shape index (κ2) is 12.8. The summed E-state index contributed by atoms with van der Waals surface area (Å²) in [5, 5.41) is 19.2. The standard InChI is InChI=1S/C35H34F2N4O5/c1-18(2)32(40-33(44)29-10-20(4)46-41-29)31(43)13-22(11-21-12-26(36)19(3)9-27(21)37)30(42)14-23-15-35(16-24(23)17-38)25-7-5-6-8-28(25)39-34(35)45/h5-10,12,15,18,22,24,32H,11,13-14,16H2,1-4H3,(H,39,45)(H,40,44)/t22-,24+,32+,35-/m1/s1. The molecule has 0 fully saturated rings. The first-order valence-corrected chi connectivity index (χ1v) is 15.1. The molecule has 2 aliphatic rings. The van der Waals surface area contributed by atoms with Crippen molar-refractivity contribution in [3.05, 3.63) is 93.9 Å². The Bertz CT molecular complexity index is 1810. The van der Waals surface area contributed by atoms with Gasteiger partial charge in [-0.05, 0) is 73.1 Å². The fourth-order valence-electron chi connectivity index (χ4n) is 6.35. The Labute approximate surface area is 265 Å². The molecule has 0 saturated carbocycles. The molecule has 2 heterocycles. The van der Waals surface area contributed by atoms with Crippen LogP contribution in [0.3, 0.4) is 0 Å². The number of aryl methyl sites for hydroxylation is 2. The molecule has 1 spiro atoms. The molecule has 4 atom stereocenters. The van der Waals surface area contributed by atoms with Crippen molar-refractivity contribution in [2.45, 2.75) is 64.8 Å². The molecule has 2 amide bonds. The Morgan fingerprint density at radius 2 is 1.87 bits per heavy atom. The van der Waals surface area contributed by atoms with Gasteiger partial charge in [-0.2, -0.15) is 5.26 Å². The summed E-state index contributed by atoms with van der Waals surface area (Å²) in [4.78, 5) is 53.7. The Balaban J connectivity index is 1.44. The van der Waals surface area contributed by atoms with Gasteiger partial charge in [-0.25, -0.2) is 8.78 Å². The molecule has 0 unspecified atom stereocenters. The smallest absolute Gasteiger partial charge is 0.274 e. The molecule has 1 aliphatic heterocycles. The molecular weight excluding hydrogens is 594 g/mol. The van der Waals surface area contributed by atoms with Crippen LogP contribution in [0, 0.1) is 54.6 Å². The number of nitriles is 1. The Morgan fingerprint density at radius 1 is 1.13 bits per heavy atom. The van der Waals surface area contributed by atoms with E-state index in [1.54, 1.807) is 51.1 Å². The number of nitrogens with one attached hydrogen (secondary N) is 2. The summed E-state index contributed by atoms with van der Waals surface area (Å²) in [5.41, 5.74) is 0.677. The maximum absolute atomic E-state index is 15.0. The van der Waals surface area contributed by atoms with Crippen LogP contribution in [0.25, 0.3) is 0 Å². The van der Waals surface area contributed by atoms with Crippen LogP contribution in [0.5, 0.6) is 0 Å². The molecule has 2 N–H and O–H groups in total. The van der Waals surface area contributed by atoms with E-state index in [4.69, 9.17) is 4.52 Å². The van der Waals surface area contributed by atoms with E-state index in [-0.39, 0.29) is 54.3 Å². The van der Waals surface area contributed by atoms with Crippen LogP contribution in [0.2, 0.25) is 0 Å². The average Bonchev–Trinajstić information content (AvgIpc) is 3.69. The molecule has 3 aromatic rings. The molecule has 1 aromatic heterocycles. The topological polar surface area (TPSA) is 142 Å². The quantitative estimate of drug-likeness (QED) is 0.269. The van der Waals surface area contributed by atoms with Gasteiger partial charge in [-0.1, -0.05) is 43.3 Å². The van der Waals surface area contributed by atoms with Crippen LogP contribution in [-0.4, -0.2) is 34.6 Å². The molecule has 1 aliphatic carbocycles. The minimum atomic E-state index is -1.11. The van der Waals surface area contributed by atoms with Crippen molar-refractivity contribution in [1.29, 1.82) is 5.26 Å². The number of para-hydroxylation sites is 1. The zero-order valence-corrected chi connectivity index (χ0v) is 25.9. The number of ketones is 2. The zero-order chi connectivity index (χ0) is 33.3. The lowest BCUT2D eigenvalue weighted by Crippen LogP contribution is -2.45. The van der Waals surface area contributed by atoms with Crippen molar-refractivity contribution in [3.63, 3.8) is 0 Å². The number of rotatable bonds is 11. The number of benzene rings is 2. The van der Waals surface area contributed by atoms with Gasteiger partial charge in [-0.3, -0.25) is 19.2 Å². The number of carbonyl (C=O) groups is 4. The maximum atomic E-state index is 15.0. The highest BCUT2D eigenvalue weighted by atomic mass is 19.1. The van der Waals surface area contributed by atoms with Gasteiger partial charge in [0.25, 0.3) is 5.91 Å². The number of halogens is 2. The fourth-order valence-corrected chi connectivity index (χ4v) is 6.35. The van der Waals surface area contributed by atoms with E-state index in [0.29, 0.717) is 22.6 Å². The first kappa shape index (κ1) is 32.4. The predicted octanol–water partition coefficient (Wildman–Crippen LogP) is 5.46. The minimum absolute atomic E-state index is 0.0112. The van der Waals surface area contributed by atoms with Crippen molar-refractivity contribution in [1.82, 2.24) is 10.5 Å². The van der Waals surface area contributed by atoms with E-state index < -0.39 is 52.4 Å². The lowest BCUT2D eigenvalue weighted by atomic mass is 9.80. The monoisotopic (exact) mass is 628 g/mol. The number of fused-ring (bicyclic) bond motifs is 2. The second-order valence-corrected chi connectivity index (χ2v) is 12.5. The SMILES string of the molecule is Cc1cc(C(=O)N[C@H](C(=O)C[C@@H](Cc2cc(F)c(C)cc2F)C(=O)CC2=C[C@]3(C[C@H]2C#N)C(=O)Nc2ccccc23)C(C)C)no1. The summed E-state index contributed by atoms with van der Waals surface area (Å²) in [6, 6.07) is 11.8. The van der Waals surface area contributed by atoms with Gasteiger partial charge >= 0.3 is 0 Å². The highest BCUT2D eigenvalue weighted by Crippen LogP contribution is 2.50. The van der Waals surface area contributed by atoms with Gasteiger partial charge in [0.15, 0.2) is 11.5 Å². The molecule has 0 radical (unpaired) electrons. The maximum Gasteiger partial charge on any atom is 0.274 e. The third-order valence-electron chi connectivity index (χ3n) is 8.86. The van der Waals surface area contributed by atoms with Crippen molar-refractivity contribution < 1.29 is 32.5 Å². The molecule has 0 bridgehead atoms. The first-order valence-electron chi connectivity index (χ1n) is 15.1. The van der Waals surface area contributed by atoms with E-state index in [0.717, 1.165) is 12.1 Å². The number of carbonyl (C=O) groups excluding carboxylic acids is 4. The number of anilines is 1. The molecule has 2 aromatic carbocycles. The van der Waals surface area contributed by atoms with Crippen molar-refractivity contribution >= 4 is 29.1 Å². The molecule has 46 heavy (non-hydrogen) atoms. The summed E-state index contributed by atoms with van der Waals surface area (Å²) in [6.07, 6.45) is 0.892. The van der Waals surface area contributed by atoms with E-state index in [1.165, 1.54) is 13.0 Å². The number of aromatic nitrogens is 1. The third kappa shape index (κ3) is 6.25. The Kier molecular flexibility index (Phi) is 9.01. The number of hydrogen-bond donors (Lipinski definition) is 2. The molecule has 11 heteroatoms. The summed E-state index contributed by atoms with van der Waals surface area (Å²) in [6.45, 7) is 6.50. The molecule has 9 nitrogen and oxygen atoms in total. The summed E-state index contributed by atoms with van der Waals surface area (Å²) >= 11 is 0. The van der Waals surface area contributed by atoms with Gasteiger partial charge in [0.1, 0.15) is 23.2 Å². The second-order valence-electron chi connectivity index (χ2n) is 12.5. The number of hydrogen-bond acceptors (Lipinski definition) is 7. The summed E-state index contributed by atoms with van der Waals surface area (Å²) in [7, 11) is 0. The zero-order valence-electron chi connectivity index (χ0n) is 25.9. The van der Waals surface area contributed by atoms with Crippen LogP contribution < -0.4 is 10.6 Å². The fraction of sp³-hybridized carbons (Fsp3) is 0.371. The lowest BCUT2D eigenvalue weighted by molar-refractivity contribution is -0.129. The van der Waals surface area contributed by atoms with E-state index in [9.17, 15) is 28.8 Å². The van der Waals surface area contributed by atoms with Crippen molar-refractivity contribution in [3.8, 4) is 6.07 Å². The van der Waals surface area contributed by atoms with Gasteiger partial charge < -0.3 is 15.2 Å². The first-order chi connectivity index (χ1) is 21.8. The normalized spacial score (nSPS) is 19.7. The molecule has 0 saturated heterocycles. The Morgan fingerprint density at radius 3 is 2.54 bits per heavy atom. The lowest BCUT2D eigenvalue weighted by Gasteiger charge is -2.24. The van der Waals surface area contributed by atoms with E-state index in [1.807, 2.05) is 0 Å². The third-order valence-corrected chi connectivity index (χ3v) is 8.86. The largest absolute Gasteiger partial charge is 0.361 e. The molecular formula is C35H34F2N4O5. The predicted molar refractivity (Wildman–Crippen MR) is 163 cm³/mol. The van der Waals surface area contributed by atoms with Gasteiger partial charge in [0.2, 0.25) is 5.91 Å². The highest BCUT2D eigenvalue weighted by molar-refractivity contribution is 6.08. The number of nitrogens with zero attached hydrogens (tertiary/aromatic N) is 2. The minimum Gasteiger partial charge on any atom is -0.361 e. The van der Waals surface area contributed by atoms with Crippen LogP contribution in [-0.2, 0) is 26.2 Å². The van der Waals surface area contributed by atoms with Gasteiger partial charge in [-0.15, -0.1) is 0 Å². The van der Waals surface area contributed by atoms with Crippen LogP contribution in [0.4, 0.5) is 14.5 Å². The highest BCUT2D eigenvalue weighted by Gasteiger charge is 2.51. The van der Waals surface area contributed by atoms with Crippen molar-refractivity contribution in [2.24, 2.45) is 17.8 Å². The number of Topliss-reactive ketones (excluding diaryl/α,β-unsaturated/α-hetero) is 2. The van der Waals surface area contributed by atoms with Crippen LogP contribution in [0.15, 0.2) is 58.6 Å². The molecule has 238 valence electrons. The summed E-state index contributed by atoms with van der Waals surface area (Å²) < 4.78 is 34.5. The summed E-state index contributed by atoms with van der Waals surface area (Å²) in [5.74, 6) is -5.07. The molecule has 5 rings (SSSR count). The number of allylic oxidation sites excluding steroid dienone is 1. The van der Waals surface area contributed by atoms with Crippen molar-refractivity contribution in [2.75, 3.05) is 5.32 Å². The van der Waals surface area contributed by atoms with Crippen LogP contribution in [0.1, 0.15) is 66.0 Å². The van der Waals surface area contributed by atoms with Gasteiger partial charge in [0, 0.05) is 30.5 Å². The van der Waals surface area contributed by atoms with E-state index >= 15 is 4.39 Å². The van der Waals surface area contributed by atoms with E-state index in [2.05, 4.69) is 21.9 Å². The number of amides is 2. The Hall–Kier alpha value is -4.98.